The van der Waals surface area contributed by atoms with E-state index in [4.69, 9.17) is 4.74 Å². The molecule has 1 atom stereocenters. The highest BCUT2D eigenvalue weighted by Gasteiger charge is 2.46. The first-order chi connectivity index (χ1) is 12.5. The van der Waals surface area contributed by atoms with Gasteiger partial charge in [-0.25, -0.2) is 4.39 Å². The summed E-state index contributed by atoms with van der Waals surface area (Å²) >= 11 is 1.55. The fourth-order valence-electron chi connectivity index (χ4n) is 3.47. The number of halogens is 1. The first-order valence-electron chi connectivity index (χ1n) is 8.79. The highest BCUT2D eigenvalue weighted by Crippen LogP contribution is 2.43. The van der Waals surface area contributed by atoms with Gasteiger partial charge in [0.1, 0.15) is 5.82 Å². The second kappa shape index (κ2) is 7.99. The number of benzene rings is 1. The molecule has 1 fully saturated rings. The van der Waals surface area contributed by atoms with Crippen LogP contribution in [0.25, 0.3) is 0 Å². The maximum Gasteiger partial charge on any atom is 0.317 e. The number of hydrogen-bond acceptors (Lipinski definition) is 4. The molecule has 1 N–H and O–H groups in total. The lowest BCUT2D eigenvalue weighted by Gasteiger charge is -2.29. The smallest absolute Gasteiger partial charge is 0.317 e. The van der Waals surface area contributed by atoms with Crippen molar-refractivity contribution >= 4 is 23.2 Å². The van der Waals surface area contributed by atoms with Crippen LogP contribution in [-0.4, -0.2) is 18.0 Å². The van der Waals surface area contributed by atoms with Crippen LogP contribution in [-0.2, 0) is 26.3 Å². The van der Waals surface area contributed by atoms with Crippen molar-refractivity contribution < 1.29 is 18.7 Å². The van der Waals surface area contributed by atoms with Gasteiger partial charge in [-0.05, 0) is 37.3 Å². The average molecular weight is 375 g/mol. The summed E-state index contributed by atoms with van der Waals surface area (Å²) in [5.74, 6) is -1.27. The predicted octanol–water partition coefficient (Wildman–Crippen LogP) is 3.95. The average Bonchev–Trinajstić information content (AvgIpc) is 3.32. The standard InChI is InChI=1S/C20H22FNO3S/c1-14(18(23)22-13-15-7-6-12-26-15)25-19(24)20(10-4-5-11-20)16-8-2-3-9-17(16)21/h2-3,6-9,12,14H,4-5,10-11,13H2,1H3,(H,22,23)/t14-/m0/s1. The number of esters is 1. The van der Waals surface area contributed by atoms with Crippen molar-refractivity contribution in [3.8, 4) is 0 Å². The second-order valence-electron chi connectivity index (χ2n) is 6.61. The third-order valence-corrected chi connectivity index (χ3v) is 5.78. The minimum Gasteiger partial charge on any atom is -0.452 e. The summed E-state index contributed by atoms with van der Waals surface area (Å²) in [5, 5.41) is 4.70. The molecule has 0 spiro atoms. The van der Waals surface area contributed by atoms with Crippen LogP contribution in [0.2, 0.25) is 0 Å². The fraction of sp³-hybridized carbons (Fsp3) is 0.400. The minimum absolute atomic E-state index is 0.353. The summed E-state index contributed by atoms with van der Waals surface area (Å²) in [4.78, 5) is 26.2. The Bertz CT molecular complexity index is 769. The van der Waals surface area contributed by atoms with Crippen molar-refractivity contribution in [2.75, 3.05) is 0 Å². The van der Waals surface area contributed by atoms with Crippen molar-refractivity contribution in [2.24, 2.45) is 0 Å². The van der Waals surface area contributed by atoms with Gasteiger partial charge in [0.2, 0.25) is 0 Å². The Morgan fingerprint density at radius 1 is 1.23 bits per heavy atom. The lowest BCUT2D eigenvalue weighted by molar-refractivity contribution is -0.160. The van der Waals surface area contributed by atoms with E-state index in [2.05, 4.69) is 5.32 Å². The Labute approximate surface area is 156 Å². The first-order valence-corrected chi connectivity index (χ1v) is 9.67. The molecule has 4 nitrogen and oxygen atoms in total. The molecule has 1 amide bonds. The minimum atomic E-state index is -0.992. The molecule has 6 heteroatoms. The summed E-state index contributed by atoms with van der Waals surface area (Å²) in [7, 11) is 0. The van der Waals surface area contributed by atoms with E-state index in [9.17, 15) is 14.0 Å². The van der Waals surface area contributed by atoms with Gasteiger partial charge in [-0.2, -0.15) is 0 Å². The fourth-order valence-corrected chi connectivity index (χ4v) is 4.11. The van der Waals surface area contributed by atoms with Crippen LogP contribution in [0.1, 0.15) is 43.0 Å². The number of thiophene rings is 1. The lowest BCUT2D eigenvalue weighted by atomic mass is 9.78. The van der Waals surface area contributed by atoms with Crippen LogP contribution < -0.4 is 5.32 Å². The van der Waals surface area contributed by atoms with E-state index in [1.165, 1.54) is 6.07 Å². The number of amides is 1. The van der Waals surface area contributed by atoms with Crippen LogP contribution >= 0.6 is 11.3 Å². The second-order valence-corrected chi connectivity index (χ2v) is 7.65. The van der Waals surface area contributed by atoms with Crippen LogP contribution in [0.4, 0.5) is 4.39 Å². The molecule has 1 aliphatic carbocycles. The zero-order chi connectivity index (χ0) is 18.6. The summed E-state index contributed by atoms with van der Waals surface area (Å²) in [6.07, 6.45) is 1.82. The number of carbonyl (C=O) groups is 2. The molecule has 0 saturated heterocycles. The van der Waals surface area contributed by atoms with Crippen molar-refractivity contribution in [2.45, 2.75) is 50.7 Å². The highest BCUT2D eigenvalue weighted by atomic mass is 32.1. The van der Waals surface area contributed by atoms with Crippen LogP contribution in [0.5, 0.6) is 0 Å². The van der Waals surface area contributed by atoms with E-state index < -0.39 is 23.3 Å². The van der Waals surface area contributed by atoms with Crippen LogP contribution in [0.3, 0.4) is 0 Å². The summed E-state index contributed by atoms with van der Waals surface area (Å²) in [6.45, 7) is 1.95. The molecule has 26 heavy (non-hydrogen) atoms. The number of nitrogens with one attached hydrogen (secondary N) is 1. The molecule has 1 aromatic heterocycles. The Hall–Kier alpha value is -2.21. The maximum atomic E-state index is 14.3. The Balaban J connectivity index is 1.68. The van der Waals surface area contributed by atoms with Gasteiger partial charge in [0.05, 0.1) is 12.0 Å². The SMILES string of the molecule is C[C@H](OC(=O)C1(c2ccccc2F)CCCC1)C(=O)NCc1cccs1. The Morgan fingerprint density at radius 2 is 1.96 bits per heavy atom. The molecule has 1 saturated carbocycles. The van der Waals surface area contributed by atoms with Gasteiger partial charge in [-0.3, -0.25) is 9.59 Å². The lowest BCUT2D eigenvalue weighted by Crippen LogP contribution is -2.42. The molecule has 0 bridgehead atoms. The third kappa shape index (κ3) is 3.80. The summed E-state index contributed by atoms with van der Waals surface area (Å²) in [6, 6.07) is 10.2. The molecule has 0 unspecified atom stereocenters. The van der Waals surface area contributed by atoms with Crippen molar-refractivity contribution in [1.29, 1.82) is 0 Å². The van der Waals surface area contributed by atoms with Gasteiger partial charge >= 0.3 is 5.97 Å². The van der Waals surface area contributed by atoms with E-state index in [0.29, 0.717) is 24.9 Å². The van der Waals surface area contributed by atoms with E-state index in [1.807, 2.05) is 17.5 Å². The van der Waals surface area contributed by atoms with E-state index in [1.54, 1.807) is 36.5 Å². The van der Waals surface area contributed by atoms with Gasteiger partial charge in [0, 0.05) is 10.4 Å². The van der Waals surface area contributed by atoms with Crippen LogP contribution in [0, 0.1) is 5.82 Å². The van der Waals surface area contributed by atoms with Gasteiger partial charge in [-0.1, -0.05) is 37.1 Å². The molecule has 2 aromatic rings. The van der Waals surface area contributed by atoms with E-state index in [-0.39, 0.29) is 5.91 Å². The van der Waals surface area contributed by atoms with Crippen molar-refractivity contribution in [3.05, 3.63) is 58.0 Å². The van der Waals surface area contributed by atoms with Gasteiger partial charge < -0.3 is 10.1 Å². The number of hydrogen-bond donors (Lipinski definition) is 1. The maximum absolute atomic E-state index is 14.3. The normalized spacial score (nSPS) is 16.8. The zero-order valence-electron chi connectivity index (χ0n) is 14.7. The van der Waals surface area contributed by atoms with E-state index in [0.717, 1.165) is 17.7 Å². The van der Waals surface area contributed by atoms with Crippen molar-refractivity contribution in [1.82, 2.24) is 5.32 Å². The number of rotatable bonds is 6. The van der Waals surface area contributed by atoms with Gasteiger partial charge in [0.15, 0.2) is 6.10 Å². The quantitative estimate of drug-likeness (QED) is 0.778. The largest absolute Gasteiger partial charge is 0.452 e. The summed E-state index contributed by atoms with van der Waals surface area (Å²) < 4.78 is 19.8. The molecular formula is C20H22FNO3S. The topological polar surface area (TPSA) is 55.4 Å². The third-order valence-electron chi connectivity index (χ3n) is 4.91. The Morgan fingerprint density at radius 3 is 2.62 bits per heavy atom. The van der Waals surface area contributed by atoms with E-state index >= 15 is 0 Å². The zero-order valence-corrected chi connectivity index (χ0v) is 15.5. The molecule has 3 rings (SSSR count). The monoisotopic (exact) mass is 375 g/mol. The van der Waals surface area contributed by atoms with Gasteiger partial charge in [-0.15, -0.1) is 11.3 Å². The Kier molecular flexibility index (Phi) is 5.71. The van der Waals surface area contributed by atoms with Gasteiger partial charge in [0.25, 0.3) is 5.91 Å². The summed E-state index contributed by atoms with van der Waals surface area (Å²) in [5.41, 5.74) is -0.623. The number of carbonyl (C=O) groups excluding carboxylic acids is 2. The molecule has 1 aromatic carbocycles. The predicted molar refractivity (Wildman–Crippen MR) is 98.3 cm³/mol. The number of ether oxygens (including phenoxy) is 1. The molecule has 0 aliphatic heterocycles. The van der Waals surface area contributed by atoms with Crippen molar-refractivity contribution in [3.63, 3.8) is 0 Å². The molecule has 0 radical (unpaired) electrons. The molecule has 1 aliphatic rings. The molecule has 138 valence electrons. The first kappa shape index (κ1) is 18.6. The molecular weight excluding hydrogens is 353 g/mol. The molecule has 1 heterocycles. The van der Waals surface area contributed by atoms with Crippen LogP contribution in [0.15, 0.2) is 41.8 Å². The highest BCUT2D eigenvalue weighted by molar-refractivity contribution is 7.09.